The van der Waals surface area contributed by atoms with Crippen molar-refractivity contribution in [2.24, 2.45) is 0 Å². The molecule has 0 aromatic heterocycles. The summed E-state index contributed by atoms with van der Waals surface area (Å²) in [4.78, 5) is 23.3. The highest BCUT2D eigenvalue weighted by Crippen LogP contribution is 2.43. The minimum absolute atomic E-state index is 0.0535. The molecule has 0 aliphatic rings. The lowest BCUT2D eigenvalue weighted by Crippen LogP contribution is -2.45. The number of phosphoric ester groups is 1. The number of carbonyl (C=O) groups excluding carboxylic acids is 1. The van der Waals surface area contributed by atoms with Gasteiger partial charge in [0, 0.05) is 6.42 Å². The molecule has 8 nitrogen and oxygen atoms in total. The van der Waals surface area contributed by atoms with Crippen molar-refractivity contribution in [2.45, 2.75) is 296 Å². The minimum Gasteiger partial charge on any atom is -0.387 e. The number of rotatable bonds is 55. The molecule has 9 heteroatoms. The van der Waals surface area contributed by atoms with Gasteiger partial charge < -0.3 is 19.8 Å². The molecule has 0 heterocycles. The molecule has 0 saturated carbocycles. The number of likely N-dealkylation sites (N-methyl/N-ethyl adjacent to an activating group) is 1. The number of phosphoric acid groups is 1. The van der Waals surface area contributed by atoms with Gasteiger partial charge in [-0.15, -0.1) is 0 Å². The van der Waals surface area contributed by atoms with Gasteiger partial charge in [-0.25, -0.2) is 4.57 Å². The van der Waals surface area contributed by atoms with Gasteiger partial charge in [0.15, 0.2) is 0 Å². The number of amides is 1. The quantitative estimate of drug-likeness (QED) is 0.0243. The number of hydrogen-bond donors (Lipinski definition) is 3. The topological polar surface area (TPSA) is 105 Å². The van der Waals surface area contributed by atoms with Gasteiger partial charge in [-0.3, -0.25) is 13.8 Å². The number of nitrogens with one attached hydrogen (secondary N) is 1. The SMILES string of the molecule is CCCCCCCCCCC/C=C/CC/C=C/CC/C=C/C(O)C(COP(=O)(O)OCC[N+](C)(C)C)NC(=O)CCCCCCCCCCCCCCC/C=C\CCCCCCCCCCCCCC. The molecule has 0 aliphatic carbocycles. The number of quaternary nitrogens is 1. The first-order chi connectivity index (χ1) is 34.0. The fourth-order valence-electron chi connectivity index (χ4n) is 8.78. The summed E-state index contributed by atoms with van der Waals surface area (Å²) in [5.74, 6) is -0.189. The Bertz CT molecular complexity index is 1280. The molecule has 3 N–H and O–H groups in total. The number of aliphatic hydroxyl groups excluding tert-OH is 1. The lowest BCUT2D eigenvalue weighted by atomic mass is 10.0. The minimum atomic E-state index is -4.36. The maximum Gasteiger partial charge on any atom is 0.472 e. The van der Waals surface area contributed by atoms with E-state index >= 15 is 0 Å². The first-order valence-electron chi connectivity index (χ1n) is 30.0. The Morgan fingerprint density at radius 2 is 0.786 bits per heavy atom. The number of nitrogens with zero attached hydrogens (tertiary/aromatic N) is 1. The smallest absolute Gasteiger partial charge is 0.387 e. The molecule has 0 radical (unpaired) electrons. The molecule has 1 amide bonds. The van der Waals surface area contributed by atoms with Crippen molar-refractivity contribution in [3.05, 3.63) is 48.6 Å². The van der Waals surface area contributed by atoms with E-state index in [1.165, 1.54) is 218 Å². The van der Waals surface area contributed by atoms with E-state index in [9.17, 15) is 19.4 Å². The second kappa shape index (κ2) is 52.3. The van der Waals surface area contributed by atoms with E-state index in [1.54, 1.807) is 6.08 Å². The Kier molecular flexibility index (Phi) is 51.2. The third-order valence-electron chi connectivity index (χ3n) is 13.5. The Labute approximate surface area is 435 Å². The van der Waals surface area contributed by atoms with Crippen LogP contribution in [0.3, 0.4) is 0 Å². The van der Waals surface area contributed by atoms with E-state index in [0.29, 0.717) is 17.4 Å². The Morgan fingerprint density at radius 1 is 0.471 bits per heavy atom. The van der Waals surface area contributed by atoms with Crippen LogP contribution < -0.4 is 5.32 Å². The molecule has 0 rings (SSSR count). The molecule has 70 heavy (non-hydrogen) atoms. The van der Waals surface area contributed by atoms with Crippen LogP contribution in [0.4, 0.5) is 0 Å². The largest absolute Gasteiger partial charge is 0.472 e. The van der Waals surface area contributed by atoms with E-state index in [0.717, 1.165) is 44.9 Å². The van der Waals surface area contributed by atoms with E-state index in [-0.39, 0.29) is 19.1 Å². The molecule has 0 bridgehead atoms. The highest BCUT2D eigenvalue weighted by atomic mass is 31.2. The van der Waals surface area contributed by atoms with Crippen LogP contribution in [0.25, 0.3) is 0 Å². The van der Waals surface area contributed by atoms with E-state index in [1.807, 2.05) is 27.2 Å². The zero-order chi connectivity index (χ0) is 51.3. The van der Waals surface area contributed by atoms with Gasteiger partial charge >= 0.3 is 7.82 Å². The first kappa shape index (κ1) is 68.5. The molecular formula is C61H118N2O6P+. The number of unbranched alkanes of at least 4 members (excludes halogenated alkanes) is 36. The first-order valence-corrected chi connectivity index (χ1v) is 31.5. The van der Waals surface area contributed by atoms with Crippen LogP contribution in [0, 0.1) is 0 Å². The van der Waals surface area contributed by atoms with Crippen molar-refractivity contribution in [1.82, 2.24) is 5.32 Å². The van der Waals surface area contributed by atoms with Gasteiger partial charge in [-0.2, -0.15) is 0 Å². The summed E-state index contributed by atoms with van der Waals surface area (Å²) in [5.41, 5.74) is 0. The average Bonchev–Trinajstić information content (AvgIpc) is 3.32. The van der Waals surface area contributed by atoms with Gasteiger partial charge in [-0.05, 0) is 70.6 Å². The molecule has 3 unspecified atom stereocenters. The van der Waals surface area contributed by atoms with Gasteiger partial charge in [0.2, 0.25) is 5.91 Å². The summed E-state index contributed by atoms with van der Waals surface area (Å²) >= 11 is 0. The van der Waals surface area contributed by atoms with Crippen LogP contribution in [0.15, 0.2) is 48.6 Å². The fourth-order valence-corrected chi connectivity index (χ4v) is 9.51. The van der Waals surface area contributed by atoms with E-state index in [4.69, 9.17) is 9.05 Å². The molecule has 0 aliphatic heterocycles. The molecule has 3 atom stereocenters. The van der Waals surface area contributed by atoms with Crippen molar-refractivity contribution < 1.29 is 32.9 Å². The van der Waals surface area contributed by atoms with Crippen molar-refractivity contribution in [3.8, 4) is 0 Å². The fraction of sp³-hybridized carbons (Fsp3) is 0.852. The molecule has 0 aromatic rings. The average molecular weight is 1010 g/mol. The van der Waals surface area contributed by atoms with Gasteiger partial charge in [-0.1, -0.05) is 255 Å². The van der Waals surface area contributed by atoms with E-state index in [2.05, 4.69) is 55.6 Å². The van der Waals surface area contributed by atoms with Crippen LogP contribution in [-0.4, -0.2) is 73.4 Å². The standard InChI is InChI=1S/C61H117N2O6P/c1-6-8-10-12-14-16-18-20-22-24-26-27-28-29-30-31-32-33-34-35-37-39-41-43-45-47-49-51-53-55-61(65)62-59(58-69-70(66,67)68-57-56-63(3,4)5)60(64)54-52-50-48-46-44-42-40-38-36-25-23-21-19-17-15-13-11-9-7-2/h29-30,36,38,44,46,52,54,59-60,64H,6-28,31-35,37,39-43,45,47-51,53,55-58H2,1-5H3,(H-,62,65,66,67)/p+1/b30-29-,38-36+,46-44+,54-52+. The van der Waals surface area contributed by atoms with E-state index < -0.39 is 20.0 Å². The monoisotopic (exact) mass is 1010 g/mol. The third-order valence-corrected chi connectivity index (χ3v) is 14.5. The number of hydrogen-bond acceptors (Lipinski definition) is 5. The number of allylic oxidation sites excluding steroid dienone is 7. The van der Waals surface area contributed by atoms with Crippen LogP contribution >= 0.6 is 7.82 Å². The maximum absolute atomic E-state index is 13.0. The van der Waals surface area contributed by atoms with Crippen molar-refractivity contribution in [1.29, 1.82) is 0 Å². The lowest BCUT2D eigenvalue weighted by Gasteiger charge is -2.25. The van der Waals surface area contributed by atoms with Crippen LogP contribution in [-0.2, 0) is 18.4 Å². The summed E-state index contributed by atoms with van der Waals surface area (Å²) in [7, 11) is 1.55. The second-order valence-electron chi connectivity index (χ2n) is 21.7. The Hall–Kier alpha value is -1.54. The maximum atomic E-state index is 13.0. The van der Waals surface area contributed by atoms with Crippen molar-refractivity contribution in [2.75, 3.05) is 40.9 Å². The summed E-state index contributed by atoms with van der Waals surface area (Å²) in [6, 6.07) is -0.870. The molecule has 0 spiro atoms. The van der Waals surface area contributed by atoms with Gasteiger partial charge in [0.05, 0.1) is 39.9 Å². The highest BCUT2D eigenvalue weighted by molar-refractivity contribution is 7.47. The van der Waals surface area contributed by atoms with Crippen molar-refractivity contribution >= 4 is 13.7 Å². The van der Waals surface area contributed by atoms with Crippen molar-refractivity contribution in [3.63, 3.8) is 0 Å². The molecule has 0 aromatic carbocycles. The van der Waals surface area contributed by atoms with Gasteiger partial charge in [0.25, 0.3) is 0 Å². The predicted molar refractivity (Wildman–Crippen MR) is 304 cm³/mol. The lowest BCUT2D eigenvalue weighted by molar-refractivity contribution is -0.870. The summed E-state index contributed by atoms with van der Waals surface area (Å²) in [6.07, 6.45) is 69.4. The third kappa shape index (κ3) is 54.2. The summed E-state index contributed by atoms with van der Waals surface area (Å²) < 4.78 is 23.7. The van der Waals surface area contributed by atoms with Gasteiger partial charge in [0.1, 0.15) is 13.2 Å². The normalized spacial score (nSPS) is 14.2. The molecular weight excluding hydrogens is 888 g/mol. The molecule has 0 saturated heterocycles. The number of aliphatic hydroxyl groups is 1. The molecule has 0 fully saturated rings. The zero-order valence-corrected chi connectivity index (χ0v) is 47.9. The summed E-state index contributed by atoms with van der Waals surface area (Å²) in [5, 5.41) is 13.9. The zero-order valence-electron chi connectivity index (χ0n) is 47.0. The summed E-state index contributed by atoms with van der Waals surface area (Å²) in [6.45, 7) is 4.81. The Balaban J connectivity index is 4.18. The van der Waals surface area contributed by atoms with Crippen LogP contribution in [0.5, 0.6) is 0 Å². The van der Waals surface area contributed by atoms with Crippen LogP contribution in [0.2, 0.25) is 0 Å². The number of carbonyl (C=O) groups is 1. The molecule has 412 valence electrons. The predicted octanol–water partition coefficient (Wildman–Crippen LogP) is 18.3. The highest BCUT2D eigenvalue weighted by Gasteiger charge is 2.27. The second-order valence-corrected chi connectivity index (χ2v) is 23.2. The van der Waals surface area contributed by atoms with Crippen LogP contribution in [0.1, 0.15) is 284 Å². The Morgan fingerprint density at radius 3 is 1.14 bits per heavy atom.